The fourth-order valence-corrected chi connectivity index (χ4v) is 10.7. The molecule has 0 amide bonds. The maximum absolute atomic E-state index is 10.8. The Kier molecular flexibility index (Phi) is 15.4. The second kappa shape index (κ2) is 16.2. The van der Waals surface area contributed by atoms with E-state index in [1.807, 2.05) is 0 Å². The zero-order valence-corrected chi connectivity index (χ0v) is 22.4. The Morgan fingerprint density at radius 3 is 1.42 bits per heavy atom. The molecule has 0 heterocycles. The summed E-state index contributed by atoms with van der Waals surface area (Å²) < 4.78 is 30.4. The van der Waals surface area contributed by atoms with Gasteiger partial charge in [-0.05, 0) is 12.1 Å². The van der Waals surface area contributed by atoms with E-state index in [-0.39, 0.29) is 0 Å². The van der Waals surface area contributed by atoms with Crippen molar-refractivity contribution in [2.45, 2.75) is 84.0 Å². The Morgan fingerprint density at radius 2 is 1.15 bits per heavy atom. The van der Waals surface area contributed by atoms with Gasteiger partial charge in [0.2, 0.25) is 0 Å². The summed E-state index contributed by atoms with van der Waals surface area (Å²) in [6, 6.07) is 2.77. The maximum Gasteiger partial charge on any atom is 0.338 e. The second-order valence-electron chi connectivity index (χ2n) is 8.68. The summed E-state index contributed by atoms with van der Waals surface area (Å²) in [5.74, 6) is -3.34. The smallest absolute Gasteiger partial charge is 0.338 e. The summed E-state index contributed by atoms with van der Waals surface area (Å²) in [5, 5.41) is 17.4. The molecule has 0 saturated heterocycles. The van der Waals surface area contributed by atoms with Crippen molar-refractivity contribution in [3.05, 3.63) is 29.3 Å². The van der Waals surface area contributed by atoms with Gasteiger partial charge >= 0.3 is 123 Å². The Morgan fingerprint density at radius 1 is 0.758 bits per heavy atom. The molecule has 7 nitrogen and oxygen atoms in total. The van der Waals surface area contributed by atoms with Gasteiger partial charge in [0.15, 0.2) is 0 Å². The third-order valence-electron chi connectivity index (χ3n) is 5.99. The number of carboxylic acid groups (broad SMARTS) is 2. The molecule has 9 heteroatoms. The van der Waals surface area contributed by atoms with Crippen LogP contribution in [-0.2, 0) is 10.1 Å². The number of hydrogen-bond acceptors (Lipinski definition) is 4. The van der Waals surface area contributed by atoms with E-state index in [2.05, 4.69) is 27.7 Å². The van der Waals surface area contributed by atoms with Gasteiger partial charge in [-0.1, -0.05) is 6.07 Å². The van der Waals surface area contributed by atoms with Gasteiger partial charge in [-0.2, -0.15) is 8.42 Å². The summed E-state index contributed by atoms with van der Waals surface area (Å²) in [5.41, 5.74) is -1.67. The monoisotopic (exact) mass is 506 g/mol. The Hall–Kier alpha value is -1.50. The first kappa shape index (κ1) is 31.5. The molecular weight excluding hydrogens is 463 g/mol. The molecule has 192 valence electrons. The third-order valence-corrected chi connectivity index (χ3v) is 12.5. The van der Waals surface area contributed by atoms with E-state index in [4.69, 9.17) is 14.8 Å². The average Bonchev–Trinajstić information content (AvgIpc) is 2.77. The molecule has 0 aliphatic carbocycles. The van der Waals surface area contributed by atoms with Crippen molar-refractivity contribution >= 4 is 29.3 Å². The summed E-state index contributed by atoms with van der Waals surface area (Å²) in [4.78, 5) is 20.5. The van der Waals surface area contributed by atoms with E-state index in [0.29, 0.717) is 0 Å². The van der Waals surface area contributed by atoms with E-state index >= 15 is 0 Å². The predicted octanol–water partition coefficient (Wildman–Crippen LogP) is 6.27. The van der Waals surface area contributed by atoms with Gasteiger partial charge in [0.05, 0.1) is 11.1 Å². The molecule has 1 aromatic carbocycles. The van der Waals surface area contributed by atoms with Gasteiger partial charge in [-0.25, -0.2) is 9.59 Å². The molecule has 0 saturated carbocycles. The number of hydrogen-bond donors (Lipinski definition) is 3. The SMILES string of the molecule is CCCC[PH](CCCC)(CCCC)CCCC.O=C(O)c1cccc(S(=O)(=O)O)c1C(=O)O. The maximum atomic E-state index is 10.8. The van der Waals surface area contributed by atoms with Crippen molar-refractivity contribution in [3.8, 4) is 0 Å². The average molecular weight is 507 g/mol. The second-order valence-corrected chi connectivity index (χ2v) is 15.1. The van der Waals surface area contributed by atoms with Crippen LogP contribution in [-0.4, -0.2) is 59.8 Å². The number of rotatable bonds is 15. The summed E-state index contributed by atoms with van der Waals surface area (Å²) >= 11 is 0. The first-order valence-corrected chi connectivity index (χ1v) is 16.3. The topological polar surface area (TPSA) is 129 Å². The van der Waals surface area contributed by atoms with Crippen LogP contribution >= 0.6 is 7.26 Å². The predicted molar refractivity (Wildman–Crippen MR) is 138 cm³/mol. The minimum Gasteiger partial charge on any atom is -0.478 e. The minimum absolute atomic E-state index is 0.706. The van der Waals surface area contributed by atoms with Crippen LogP contribution in [0.1, 0.15) is 99.8 Å². The van der Waals surface area contributed by atoms with Gasteiger partial charge in [0.1, 0.15) is 4.90 Å². The van der Waals surface area contributed by atoms with Crippen molar-refractivity contribution in [3.63, 3.8) is 0 Å². The molecule has 0 radical (unpaired) electrons. The van der Waals surface area contributed by atoms with Crippen molar-refractivity contribution in [2.24, 2.45) is 0 Å². The number of carbonyl (C=O) groups is 2. The van der Waals surface area contributed by atoms with Crippen LogP contribution in [0.2, 0.25) is 0 Å². The first-order valence-electron chi connectivity index (χ1n) is 12.1. The molecule has 0 unspecified atom stereocenters. The van der Waals surface area contributed by atoms with E-state index < -0.39 is 45.3 Å². The van der Waals surface area contributed by atoms with E-state index in [9.17, 15) is 18.0 Å². The molecule has 0 bridgehead atoms. The van der Waals surface area contributed by atoms with Crippen LogP contribution in [0.5, 0.6) is 0 Å². The molecule has 0 fully saturated rings. The van der Waals surface area contributed by atoms with Crippen LogP contribution in [0.25, 0.3) is 0 Å². The number of aromatic carboxylic acids is 2. The molecule has 3 N–H and O–H groups in total. The van der Waals surface area contributed by atoms with Crippen LogP contribution in [0.15, 0.2) is 23.1 Å². The summed E-state index contributed by atoms with van der Waals surface area (Å²) in [6.45, 7) is 9.44. The van der Waals surface area contributed by atoms with E-state index in [0.717, 1.165) is 18.2 Å². The Balaban J connectivity index is 0.000000621. The normalized spacial score (nSPS) is 12.0. The first-order chi connectivity index (χ1) is 15.5. The minimum atomic E-state index is -4.78. The van der Waals surface area contributed by atoms with Crippen molar-refractivity contribution < 1.29 is 32.8 Å². The fourth-order valence-electron chi connectivity index (χ4n) is 4.10. The van der Waals surface area contributed by atoms with Gasteiger partial charge in [-0.15, -0.1) is 0 Å². The van der Waals surface area contributed by atoms with Crippen LogP contribution in [0.3, 0.4) is 0 Å². The molecule has 0 aromatic heterocycles. The summed E-state index contributed by atoms with van der Waals surface area (Å²) in [6.07, 6.45) is 18.1. The fraction of sp³-hybridized carbons (Fsp3) is 0.667. The Labute approximate surface area is 200 Å². The van der Waals surface area contributed by atoms with Gasteiger partial charge in [-0.3, -0.25) is 4.55 Å². The van der Waals surface area contributed by atoms with Crippen LogP contribution < -0.4 is 0 Å². The number of carboxylic acids is 2. The standard InChI is InChI=1S/C16H37P.C8H6O7S/c1-5-9-13-17(14-10-6-2,15-11-7-3)16-12-8-4;9-7(10)4-2-1-3-5(16(13,14)15)6(4)8(11)12/h17H,5-16H2,1-4H3;1-3H,(H,9,10)(H,11,12)(H,13,14,15). The molecular formula is C24H43O7PS. The summed E-state index contributed by atoms with van der Waals surface area (Å²) in [7, 11) is -5.66. The third kappa shape index (κ3) is 11.5. The van der Waals surface area contributed by atoms with E-state index in [1.54, 1.807) is 24.6 Å². The quantitative estimate of drug-likeness (QED) is 0.189. The van der Waals surface area contributed by atoms with Gasteiger partial charge in [0, 0.05) is 0 Å². The van der Waals surface area contributed by atoms with Gasteiger partial charge < -0.3 is 10.2 Å². The van der Waals surface area contributed by atoms with Crippen molar-refractivity contribution in [1.82, 2.24) is 0 Å². The zero-order valence-electron chi connectivity index (χ0n) is 20.6. The van der Waals surface area contributed by atoms with Gasteiger partial charge in [0.25, 0.3) is 10.1 Å². The van der Waals surface area contributed by atoms with Crippen LogP contribution in [0, 0.1) is 0 Å². The molecule has 0 aliphatic rings. The molecule has 0 spiro atoms. The molecule has 1 rings (SSSR count). The number of unbranched alkanes of at least 4 members (excludes halogenated alkanes) is 4. The van der Waals surface area contributed by atoms with Crippen LogP contribution in [0.4, 0.5) is 0 Å². The van der Waals surface area contributed by atoms with Crippen molar-refractivity contribution in [2.75, 3.05) is 24.6 Å². The molecule has 0 atom stereocenters. The Bertz CT molecular complexity index is 800. The molecule has 1 aromatic rings. The van der Waals surface area contributed by atoms with Crippen molar-refractivity contribution in [1.29, 1.82) is 0 Å². The largest absolute Gasteiger partial charge is 0.478 e. The molecule has 33 heavy (non-hydrogen) atoms. The number of benzene rings is 1. The molecule has 0 aliphatic heterocycles. The zero-order chi connectivity index (χ0) is 25.5. The van der Waals surface area contributed by atoms with E-state index in [1.165, 1.54) is 51.4 Å².